The number of hydrogen-bond donors (Lipinski definition) is 0. The molecule has 2 aliphatic rings. The van der Waals surface area contributed by atoms with Crippen molar-refractivity contribution in [3.63, 3.8) is 0 Å². The molecule has 4 rings (SSSR count). The van der Waals surface area contributed by atoms with Crippen LogP contribution in [0.4, 0.5) is 0 Å². The average Bonchev–Trinajstić information content (AvgIpc) is 2.93. The fourth-order valence-corrected chi connectivity index (χ4v) is 5.46. The maximum atomic E-state index is 6.48. The van der Waals surface area contributed by atoms with E-state index in [-0.39, 0.29) is 41.0 Å². The third kappa shape index (κ3) is 12.6. The lowest BCUT2D eigenvalue weighted by molar-refractivity contribution is -0.139. The van der Waals surface area contributed by atoms with Gasteiger partial charge in [0, 0.05) is 31.9 Å². The van der Waals surface area contributed by atoms with Crippen molar-refractivity contribution in [2.45, 2.75) is 129 Å². The van der Waals surface area contributed by atoms with E-state index in [4.69, 9.17) is 23.1 Å². The second-order valence-corrected chi connectivity index (χ2v) is 15.0. The molecule has 2 fully saturated rings. The predicted octanol–water partition coefficient (Wildman–Crippen LogP) is 7.91. The van der Waals surface area contributed by atoms with Gasteiger partial charge in [0.25, 0.3) is 0 Å². The number of nitrogens with zero attached hydrogens (tertiary/aromatic N) is 4. The number of allylic oxidation sites excluding steroid dienone is 1. The molecule has 9 nitrogen and oxygen atoms in total. The molecule has 10 heteroatoms. The smallest absolute Gasteiger partial charge is 0.156 e. The number of rotatable bonds is 17. The first-order chi connectivity index (χ1) is 21.3. The van der Waals surface area contributed by atoms with Crippen LogP contribution in [0.25, 0.3) is 12.2 Å². The Morgan fingerprint density at radius 2 is 1.18 bits per heavy atom. The summed E-state index contributed by atoms with van der Waals surface area (Å²) in [5.74, 6) is 2.73. The van der Waals surface area contributed by atoms with Crippen LogP contribution in [0, 0.1) is 5.41 Å². The second-order valence-electron chi connectivity index (χ2n) is 14.5. The Kier molecular flexibility index (Phi) is 12.4. The van der Waals surface area contributed by atoms with E-state index in [1.807, 2.05) is 24.5 Å². The summed E-state index contributed by atoms with van der Waals surface area (Å²) in [4.78, 5) is 17.6. The van der Waals surface area contributed by atoms with E-state index in [9.17, 15) is 0 Å². The SMILES string of the molecule is CSOC/C=C/c1ncc(OC2CC(OC(C)(C)CCC(C)(C)C/C=C/c3ncc(OC4CC(OC(C)(C)C)C4)cn3)C2)cn1. The first-order valence-corrected chi connectivity index (χ1v) is 17.2. The molecule has 45 heavy (non-hydrogen) atoms. The third-order valence-electron chi connectivity index (χ3n) is 7.90. The Hall–Kier alpha value is -2.53. The molecule has 2 saturated carbocycles. The first-order valence-electron chi connectivity index (χ1n) is 16.1. The molecule has 0 atom stereocenters. The quantitative estimate of drug-likeness (QED) is 0.125. The van der Waals surface area contributed by atoms with Crippen LogP contribution in [-0.4, -0.2) is 68.4 Å². The van der Waals surface area contributed by atoms with Crippen LogP contribution in [0.15, 0.2) is 36.9 Å². The molecule has 0 bridgehead atoms. The number of hydrogen-bond acceptors (Lipinski definition) is 10. The van der Waals surface area contributed by atoms with Crippen molar-refractivity contribution in [3.05, 3.63) is 48.6 Å². The largest absolute Gasteiger partial charge is 0.487 e. The van der Waals surface area contributed by atoms with Gasteiger partial charge in [-0.3, -0.25) is 0 Å². The third-order valence-corrected chi connectivity index (χ3v) is 8.27. The van der Waals surface area contributed by atoms with Crippen LogP contribution >= 0.6 is 12.0 Å². The van der Waals surface area contributed by atoms with Crippen molar-refractivity contribution >= 4 is 24.2 Å². The summed E-state index contributed by atoms with van der Waals surface area (Å²) < 4.78 is 29.7. The lowest BCUT2D eigenvalue weighted by atomic mass is 9.81. The lowest BCUT2D eigenvalue weighted by Crippen LogP contribution is -2.44. The average molecular weight is 641 g/mol. The Balaban J connectivity index is 1.10. The summed E-state index contributed by atoms with van der Waals surface area (Å²) in [5.41, 5.74) is -0.189. The Bertz CT molecular complexity index is 1230. The van der Waals surface area contributed by atoms with Gasteiger partial charge in [0.15, 0.2) is 23.1 Å². The summed E-state index contributed by atoms with van der Waals surface area (Å²) >= 11 is 1.33. The number of aromatic nitrogens is 4. The van der Waals surface area contributed by atoms with E-state index in [1.54, 1.807) is 24.8 Å². The molecule has 0 aromatic carbocycles. The van der Waals surface area contributed by atoms with Crippen molar-refractivity contribution in [2.24, 2.45) is 5.41 Å². The van der Waals surface area contributed by atoms with Crippen LogP contribution in [0.1, 0.15) is 105 Å². The minimum Gasteiger partial charge on any atom is -0.487 e. The molecule has 0 saturated heterocycles. The van der Waals surface area contributed by atoms with Gasteiger partial charge < -0.3 is 23.1 Å². The van der Waals surface area contributed by atoms with Crippen LogP contribution < -0.4 is 9.47 Å². The van der Waals surface area contributed by atoms with Crippen molar-refractivity contribution < 1.29 is 23.1 Å². The molecule has 0 radical (unpaired) electrons. The van der Waals surface area contributed by atoms with E-state index in [2.05, 4.69) is 74.5 Å². The van der Waals surface area contributed by atoms with Crippen LogP contribution in [0.3, 0.4) is 0 Å². The molecule has 2 aromatic heterocycles. The minimum absolute atomic E-state index is 0.116. The van der Waals surface area contributed by atoms with Crippen LogP contribution in [-0.2, 0) is 13.7 Å². The van der Waals surface area contributed by atoms with Gasteiger partial charge in [-0.05, 0) is 83.5 Å². The fraction of sp³-hybridized carbons (Fsp3) is 0.657. The van der Waals surface area contributed by atoms with Crippen LogP contribution in [0.2, 0.25) is 0 Å². The molecule has 248 valence electrons. The zero-order valence-corrected chi connectivity index (χ0v) is 29.1. The zero-order valence-electron chi connectivity index (χ0n) is 28.3. The van der Waals surface area contributed by atoms with Gasteiger partial charge in [0.1, 0.15) is 12.2 Å². The van der Waals surface area contributed by atoms with Gasteiger partial charge in [-0.25, -0.2) is 19.9 Å². The molecular weight excluding hydrogens is 588 g/mol. The molecule has 2 aromatic rings. The Labute approximate surface area is 274 Å². The second kappa shape index (κ2) is 15.8. The fourth-order valence-electron chi connectivity index (χ4n) is 5.25. The highest BCUT2D eigenvalue weighted by molar-refractivity contribution is 7.93. The molecule has 0 spiro atoms. The van der Waals surface area contributed by atoms with Gasteiger partial charge in [-0.15, -0.1) is 0 Å². The first kappa shape index (κ1) is 35.3. The molecule has 0 amide bonds. The highest BCUT2D eigenvalue weighted by atomic mass is 32.2. The molecule has 2 heterocycles. The van der Waals surface area contributed by atoms with Gasteiger partial charge >= 0.3 is 0 Å². The van der Waals surface area contributed by atoms with Gasteiger partial charge in [0.05, 0.1) is 54.8 Å². The molecule has 0 N–H and O–H groups in total. The van der Waals surface area contributed by atoms with Gasteiger partial charge in [0.2, 0.25) is 0 Å². The van der Waals surface area contributed by atoms with E-state index in [0.29, 0.717) is 29.8 Å². The highest BCUT2D eigenvalue weighted by Gasteiger charge is 2.37. The summed E-state index contributed by atoms with van der Waals surface area (Å²) in [6.07, 6.45) is 24.1. The monoisotopic (exact) mass is 640 g/mol. The van der Waals surface area contributed by atoms with E-state index in [1.165, 1.54) is 12.0 Å². The highest BCUT2D eigenvalue weighted by Crippen LogP contribution is 2.36. The van der Waals surface area contributed by atoms with Crippen molar-refractivity contribution in [1.29, 1.82) is 0 Å². The normalized spacial score (nSPS) is 22.4. The lowest BCUT2D eigenvalue weighted by Gasteiger charge is -2.41. The van der Waals surface area contributed by atoms with Crippen molar-refractivity contribution in [3.8, 4) is 11.5 Å². The molecule has 0 aliphatic heterocycles. The van der Waals surface area contributed by atoms with E-state index < -0.39 is 0 Å². The molecule has 2 aliphatic carbocycles. The maximum absolute atomic E-state index is 6.48. The minimum atomic E-state index is -0.202. The standard InChI is InChI=1S/C35H52N4O5S/c1-33(2,3)43-27-17-25(18-27)41-29-21-36-31(37-22-29)11-9-13-34(4,5)14-15-35(6,7)44-28-19-26(20-28)42-30-23-38-32(39-24-30)12-10-16-40-45-8/h9-12,21-28H,13-20H2,1-8H3/b11-9+,12-10+. The van der Waals surface area contributed by atoms with E-state index in [0.717, 1.165) is 44.9 Å². The zero-order chi connectivity index (χ0) is 32.5. The summed E-state index contributed by atoms with van der Waals surface area (Å²) in [6, 6.07) is 0. The summed E-state index contributed by atoms with van der Waals surface area (Å²) in [6.45, 7) is 15.8. The van der Waals surface area contributed by atoms with Gasteiger partial charge in [-0.2, -0.15) is 0 Å². The van der Waals surface area contributed by atoms with Gasteiger partial charge in [-0.1, -0.05) is 26.0 Å². The Morgan fingerprint density at radius 1 is 0.689 bits per heavy atom. The Morgan fingerprint density at radius 3 is 1.67 bits per heavy atom. The molecule has 0 unspecified atom stereocenters. The van der Waals surface area contributed by atoms with Crippen molar-refractivity contribution in [2.75, 3.05) is 12.9 Å². The summed E-state index contributed by atoms with van der Waals surface area (Å²) in [5, 5.41) is 0. The summed E-state index contributed by atoms with van der Waals surface area (Å²) in [7, 11) is 0. The topological polar surface area (TPSA) is 97.7 Å². The van der Waals surface area contributed by atoms with E-state index >= 15 is 0 Å². The van der Waals surface area contributed by atoms with Crippen molar-refractivity contribution in [1.82, 2.24) is 19.9 Å². The molecular formula is C35H52N4O5S. The predicted molar refractivity (Wildman–Crippen MR) is 180 cm³/mol. The number of ether oxygens (including phenoxy) is 4. The maximum Gasteiger partial charge on any atom is 0.156 e. The van der Waals surface area contributed by atoms with Crippen LogP contribution in [0.5, 0.6) is 11.5 Å².